The minimum atomic E-state index is -2.77. The van der Waals surface area contributed by atoms with Crippen LogP contribution in [-0.2, 0) is 14.4 Å². The molecular formula is C21H38O6. The molecule has 0 rings (SSSR count). The second kappa shape index (κ2) is 14.0. The summed E-state index contributed by atoms with van der Waals surface area (Å²) in [4.78, 5) is 35.1. The van der Waals surface area contributed by atoms with Gasteiger partial charge in [-0.25, -0.2) is 0 Å². The number of unbranched alkanes of at least 4 members (excludes halogenated alkanes) is 10. The van der Waals surface area contributed by atoms with Crippen LogP contribution in [0.4, 0.5) is 0 Å². The van der Waals surface area contributed by atoms with Gasteiger partial charge in [0.1, 0.15) is 0 Å². The maximum Gasteiger partial charge on any atom is 0.188 e. The second-order valence-electron chi connectivity index (χ2n) is 7.56. The first-order valence-electron chi connectivity index (χ1n) is 10.3. The fraction of sp³-hybridized carbons (Fsp3) is 0.857. The Morgan fingerprint density at radius 2 is 1.04 bits per heavy atom. The van der Waals surface area contributed by atoms with E-state index in [1.165, 1.54) is 38.5 Å². The number of carbonyl (C=O) groups is 3. The van der Waals surface area contributed by atoms with Gasteiger partial charge in [-0.1, -0.05) is 71.1 Å². The van der Waals surface area contributed by atoms with E-state index in [0.29, 0.717) is 6.42 Å². The third-order valence-electron chi connectivity index (χ3n) is 5.06. The highest BCUT2D eigenvalue weighted by atomic mass is 16.4. The first-order valence-corrected chi connectivity index (χ1v) is 10.3. The number of aliphatic hydroxyl groups is 3. The molecule has 0 radical (unpaired) electrons. The van der Waals surface area contributed by atoms with Gasteiger partial charge in [-0.3, -0.25) is 14.4 Å². The molecule has 6 heteroatoms. The molecule has 3 N–H and O–H groups in total. The number of ketones is 3. The maximum absolute atomic E-state index is 12.3. The number of Topliss-reactive ketones (excluding diaryl/α,β-unsaturated/α-hetero) is 3. The predicted octanol–water partition coefficient (Wildman–Crippen LogP) is 2.89. The fourth-order valence-electron chi connectivity index (χ4n) is 3.22. The molecule has 2 atom stereocenters. The topological polar surface area (TPSA) is 112 Å². The summed E-state index contributed by atoms with van der Waals surface area (Å²) in [6, 6.07) is 0. The molecule has 0 aromatic heterocycles. The minimum absolute atomic E-state index is 0.0950. The van der Waals surface area contributed by atoms with Gasteiger partial charge in [0.15, 0.2) is 35.2 Å². The molecule has 0 amide bonds. The lowest BCUT2D eigenvalue weighted by molar-refractivity contribution is -0.180. The highest BCUT2D eigenvalue weighted by Gasteiger charge is 2.52. The first-order chi connectivity index (χ1) is 12.7. The van der Waals surface area contributed by atoms with Crippen molar-refractivity contribution in [3.8, 4) is 0 Å². The summed E-state index contributed by atoms with van der Waals surface area (Å²) in [6.07, 6.45) is 7.78. The van der Waals surface area contributed by atoms with Crippen molar-refractivity contribution in [1.82, 2.24) is 0 Å². The Kier molecular flexibility index (Phi) is 13.4. The monoisotopic (exact) mass is 386 g/mol. The van der Waals surface area contributed by atoms with Crippen LogP contribution in [0.25, 0.3) is 0 Å². The zero-order valence-corrected chi connectivity index (χ0v) is 17.2. The number of carbonyl (C=O) groups excluding carboxylic acids is 3. The van der Waals surface area contributed by atoms with Crippen LogP contribution in [0.1, 0.15) is 97.8 Å². The highest BCUT2D eigenvalue weighted by molar-refractivity contribution is 6.00. The number of aliphatic hydroxyl groups excluding tert-OH is 2. The molecule has 0 bridgehead atoms. The van der Waals surface area contributed by atoms with Gasteiger partial charge in [-0.2, -0.15) is 0 Å². The van der Waals surface area contributed by atoms with Crippen molar-refractivity contribution < 1.29 is 29.7 Å². The second-order valence-corrected chi connectivity index (χ2v) is 7.56. The van der Waals surface area contributed by atoms with Crippen LogP contribution in [0.15, 0.2) is 0 Å². The quantitative estimate of drug-likeness (QED) is 0.331. The van der Waals surface area contributed by atoms with Crippen molar-refractivity contribution in [2.24, 2.45) is 0 Å². The van der Waals surface area contributed by atoms with Gasteiger partial charge in [0.25, 0.3) is 0 Å². The molecule has 2 unspecified atom stereocenters. The van der Waals surface area contributed by atoms with Crippen LogP contribution in [0.2, 0.25) is 0 Å². The Morgan fingerprint density at radius 3 is 1.37 bits per heavy atom. The van der Waals surface area contributed by atoms with Crippen molar-refractivity contribution in [3.05, 3.63) is 0 Å². The average Bonchev–Trinajstić information content (AvgIpc) is 2.63. The summed E-state index contributed by atoms with van der Waals surface area (Å²) in [5.74, 6) is -2.61. The smallest absolute Gasteiger partial charge is 0.188 e. The SMILES string of the molecule is CCCCCCCCCCCCCC(=O)C(O)(C(O)C(C)=O)C(O)C(C)=O. The van der Waals surface area contributed by atoms with Crippen molar-refractivity contribution in [2.75, 3.05) is 0 Å². The van der Waals surface area contributed by atoms with Crippen LogP contribution in [0.3, 0.4) is 0 Å². The molecule has 0 fully saturated rings. The van der Waals surface area contributed by atoms with Gasteiger partial charge in [0.05, 0.1) is 0 Å². The van der Waals surface area contributed by atoms with Gasteiger partial charge in [0.2, 0.25) is 0 Å². The van der Waals surface area contributed by atoms with Gasteiger partial charge >= 0.3 is 0 Å². The summed E-state index contributed by atoms with van der Waals surface area (Å²) in [5.41, 5.74) is -2.77. The van der Waals surface area contributed by atoms with E-state index in [1.807, 2.05) is 0 Å². The molecule has 158 valence electrons. The lowest BCUT2D eigenvalue weighted by atomic mass is 9.80. The Morgan fingerprint density at radius 1 is 0.704 bits per heavy atom. The van der Waals surface area contributed by atoms with E-state index in [9.17, 15) is 29.7 Å². The molecule has 0 aliphatic rings. The lowest BCUT2D eigenvalue weighted by Gasteiger charge is -2.33. The third kappa shape index (κ3) is 9.08. The van der Waals surface area contributed by atoms with E-state index in [2.05, 4.69) is 6.92 Å². The highest BCUT2D eigenvalue weighted by Crippen LogP contribution is 2.23. The molecule has 0 aromatic carbocycles. The zero-order valence-electron chi connectivity index (χ0n) is 17.2. The van der Waals surface area contributed by atoms with Crippen LogP contribution < -0.4 is 0 Å². The average molecular weight is 387 g/mol. The van der Waals surface area contributed by atoms with Gasteiger partial charge in [-0.15, -0.1) is 0 Å². The number of rotatable bonds is 17. The van der Waals surface area contributed by atoms with E-state index in [0.717, 1.165) is 39.5 Å². The lowest BCUT2D eigenvalue weighted by Crippen LogP contribution is -2.62. The predicted molar refractivity (Wildman–Crippen MR) is 104 cm³/mol. The Balaban J connectivity index is 4.22. The Bertz CT molecular complexity index is 440. The van der Waals surface area contributed by atoms with Gasteiger partial charge in [0, 0.05) is 6.42 Å². The maximum atomic E-state index is 12.3. The van der Waals surface area contributed by atoms with E-state index in [1.54, 1.807) is 0 Å². The van der Waals surface area contributed by atoms with Crippen molar-refractivity contribution in [1.29, 1.82) is 0 Å². The van der Waals surface area contributed by atoms with E-state index >= 15 is 0 Å². The summed E-state index contributed by atoms with van der Waals surface area (Å²) in [5, 5.41) is 30.2. The number of hydrogen-bond donors (Lipinski definition) is 3. The molecule has 0 aliphatic carbocycles. The van der Waals surface area contributed by atoms with Crippen LogP contribution in [-0.4, -0.2) is 50.5 Å². The fourth-order valence-corrected chi connectivity index (χ4v) is 3.22. The molecule has 0 saturated carbocycles. The van der Waals surface area contributed by atoms with Gasteiger partial charge < -0.3 is 15.3 Å². The Hall–Kier alpha value is -1.11. The van der Waals surface area contributed by atoms with Crippen molar-refractivity contribution in [3.63, 3.8) is 0 Å². The zero-order chi connectivity index (χ0) is 20.9. The molecule has 0 aliphatic heterocycles. The summed E-state index contributed by atoms with van der Waals surface area (Å²) in [6.45, 7) is 4.20. The largest absolute Gasteiger partial charge is 0.382 e. The Labute approximate surface area is 163 Å². The summed E-state index contributed by atoms with van der Waals surface area (Å²) < 4.78 is 0. The normalized spacial score (nSPS) is 15.8. The van der Waals surface area contributed by atoms with Crippen LogP contribution in [0.5, 0.6) is 0 Å². The van der Waals surface area contributed by atoms with Crippen molar-refractivity contribution >= 4 is 17.3 Å². The standard InChI is InChI=1S/C21H38O6/c1-4-5-6-7-8-9-10-11-12-13-14-15-18(24)21(27,19(25)16(2)22)20(26)17(3)23/h19-20,25-27H,4-15H2,1-3H3. The van der Waals surface area contributed by atoms with Crippen LogP contribution >= 0.6 is 0 Å². The van der Waals surface area contributed by atoms with Gasteiger partial charge in [-0.05, 0) is 20.3 Å². The minimum Gasteiger partial charge on any atom is -0.382 e. The molecule has 0 heterocycles. The van der Waals surface area contributed by atoms with E-state index in [-0.39, 0.29) is 6.42 Å². The van der Waals surface area contributed by atoms with Crippen molar-refractivity contribution in [2.45, 2.75) is 116 Å². The number of hydrogen-bond acceptors (Lipinski definition) is 6. The summed E-state index contributed by atoms with van der Waals surface area (Å²) >= 11 is 0. The molecule has 27 heavy (non-hydrogen) atoms. The summed E-state index contributed by atoms with van der Waals surface area (Å²) in [7, 11) is 0. The van der Waals surface area contributed by atoms with E-state index in [4.69, 9.17) is 0 Å². The molecular weight excluding hydrogens is 348 g/mol. The van der Waals surface area contributed by atoms with Crippen LogP contribution in [0, 0.1) is 0 Å². The molecule has 0 spiro atoms. The van der Waals surface area contributed by atoms with E-state index < -0.39 is 35.2 Å². The third-order valence-corrected chi connectivity index (χ3v) is 5.06. The molecule has 6 nitrogen and oxygen atoms in total. The first kappa shape index (κ1) is 25.9. The molecule has 0 saturated heterocycles. The molecule has 0 aromatic rings.